The number of rotatable bonds is 9. The number of nitrogens with one attached hydrogen (secondary N) is 2. The summed E-state index contributed by atoms with van der Waals surface area (Å²) in [6.45, 7) is 1.86. The number of carbonyl (C=O) groups is 1. The number of nitriles is 1. The van der Waals surface area contributed by atoms with Gasteiger partial charge in [-0.25, -0.2) is 19.7 Å². The Balaban J connectivity index is 1.04. The minimum Gasteiger partial charge on any atom is -0.381 e. The summed E-state index contributed by atoms with van der Waals surface area (Å²) in [4.78, 5) is 29.6. The molecule has 1 aromatic carbocycles. The van der Waals surface area contributed by atoms with Crippen LogP contribution in [0.15, 0.2) is 79.6 Å². The van der Waals surface area contributed by atoms with Gasteiger partial charge in [0.2, 0.25) is 5.95 Å². The van der Waals surface area contributed by atoms with Crippen molar-refractivity contribution in [1.29, 1.82) is 5.26 Å². The third kappa shape index (κ3) is 7.44. The Labute approximate surface area is 285 Å². The van der Waals surface area contributed by atoms with Crippen molar-refractivity contribution in [1.82, 2.24) is 39.8 Å². The number of benzene rings is 1. The molecular formula is C36H39N11O2. The van der Waals surface area contributed by atoms with Crippen molar-refractivity contribution in [3.63, 3.8) is 0 Å². The predicted octanol–water partition coefficient (Wildman–Crippen LogP) is 5.50. The largest absolute Gasteiger partial charge is 0.381 e. The van der Waals surface area contributed by atoms with E-state index >= 15 is 0 Å². The highest BCUT2D eigenvalue weighted by Crippen LogP contribution is 2.31. The molecule has 5 aromatic rings. The number of urea groups is 1. The van der Waals surface area contributed by atoms with Crippen LogP contribution >= 0.6 is 0 Å². The van der Waals surface area contributed by atoms with E-state index in [-0.39, 0.29) is 24.2 Å². The molecule has 13 heteroatoms. The Bertz CT molecular complexity index is 1900. The molecule has 1 saturated carbocycles. The third-order valence-electron chi connectivity index (χ3n) is 9.28. The van der Waals surface area contributed by atoms with Crippen molar-refractivity contribution in [3.05, 3.63) is 90.8 Å². The Morgan fingerprint density at radius 2 is 1.71 bits per heavy atom. The Kier molecular flexibility index (Phi) is 9.56. The van der Waals surface area contributed by atoms with E-state index in [2.05, 4.69) is 31.9 Å². The summed E-state index contributed by atoms with van der Waals surface area (Å²) in [6, 6.07) is 16.2. The molecule has 0 unspecified atom stereocenters. The minimum absolute atomic E-state index is 0.0426. The number of carbonyl (C=O) groups excluding carboxylic acids is 1. The Morgan fingerprint density at radius 1 is 0.918 bits per heavy atom. The van der Waals surface area contributed by atoms with Crippen molar-refractivity contribution >= 4 is 17.8 Å². The highest BCUT2D eigenvalue weighted by Gasteiger charge is 2.31. The lowest BCUT2D eigenvalue weighted by Gasteiger charge is -2.36. The van der Waals surface area contributed by atoms with Crippen molar-refractivity contribution in [3.8, 4) is 28.5 Å². The zero-order valence-corrected chi connectivity index (χ0v) is 27.4. The number of amides is 2. The molecule has 2 N–H and O–H groups in total. The molecule has 13 nitrogen and oxygen atoms in total. The maximum atomic E-state index is 13.8. The maximum absolute atomic E-state index is 13.8. The van der Waals surface area contributed by atoms with Gasteiger partial charge in [0.05, 0.1) is 35.9 Å². The number of aryl methyl sites for hydroxylation is 1. The molecule has 1 aliphatic carbocycles. The summed E-state index contributed by atoms with van der Waals surface area (Å²) in [5.41, 5.74) is 4.69. The van der Waals surface area contributed by atoms with Crippen LogP contribution in [0.3, 0.4) is 0 Å². The lowest BCUT2D eigenvalue weighted by molar-refractivity contribution is 0.0662. The molecule has 1 aliphatic heterocycles. The van der Waals surface area contributed by atoms with Crippen LogP contribution < -0.4 is 15.5 Å². The van der Waals surface area contributed by atoms with Gasteiger partial charge >= 0.3 is 6.03 Å². The van der Waals surface area contributed by atoms with E-state index in [1.807, 2.05) is 66.6 Å². The van der Waals surface area contributed by atoms with Crippen LogP contribution in [0.25, 0.3) is 22.4 Å². The first-order valence-electron chi connectivity index (χ1n) is 16.8. The summed E-state index contributed by atoms with van der Waals surface area (Å²) >= 11 is 0. The van der Waals surface area contributed by atoms with E-state index in [0.717, 1.165) is 74.0 Å². The van der Waals surface area contributed by atoms with Gasteiger partial charge in [-0.15, -0.1) is 0 Å². The van der Waals surface area contributed by atoms with Gasteiger partial charge < -0.3 is 15.4 Å². The SMILES string of the molecule is Cn1cc(-c2ccc(N(C(=O)NCc3ccccc3)[C@H]3CC[C@H](Nc4ncc(C#N)c(-c5cnn(C6CCOCC6)c5)n4)CC3)nc2)cn1. The molecule has 0 bridgehead atoms. The highest BCUT2D eigenvalue weighted by atomic mass is 16.5. The third-order valence-corrected chi connectivity index (χ3v) is 9.28. The van der Waals surface area contributed by atoms with Gasteiger partial charge in [-0.3, -0.25) is 14.3 Å². The first-order valence-corrected chi connectivity index (χ1v) is 16.8. The fraction of sp³-hybridized carbons (Fsp3) is 0.361. The second-order valence-electron chi connectivity index (χ2n) is 12.6. The first kappa shape index (κ1) is 32.0. The summed E-state index contributed by atoms with van der Waals surface area (Å²) < 4.78 is 9.21. The molecule has 0 spiro atoms. The standard InChI is InChI=1S/C36H39N11O2/c1-45-23-28(21-41-45)26-7-12-33(38-19-26)47(36(48)40-18-25-5-3-2-4-6-25)32-10-8-30(9-11-32)43-35-39-20-27(17-37)34(44-35)29-22-42-46(24-29)31-13-15-49-16-14-31/h2-7,12,19-24,30-32H,8-11,13-16,18H2,1H3,(H,40,48)(H,39,43,44)/t30-,32-. The van der Waals surface area contributed by atoms with Crippen LogP contribution in [-0.4, -0.2) is 65.8 Å². The number of anilines is 2. The normalized spacial score (nSPS) is 18.0. The number of aromatic nitrogens is 7. The number of hydrogen-bond donors (Lipinski definition) is 2. The predicted molar refractivity (Wildman–Crippen MR) is 184 cm³/mol. The smallest absolute Gasteiger partial charge is 0.323 e. The van der Waals surface area contributed by atoms with Gasteiger partial charge in [-0.1, -0.05) is 30.3 Å². The van der Waals surface area contributed by atoms with E-state index in [0.29, 0.717) is 29.6 Å². The molecule has 1 saturated heterocycles. The lowest BCUT2D eigenvalue weighted by Crippen LogP contribution is -2.49. The fourth-order valence-corrected chi connectivity index (χ4v) is 6.61. The van der Waals surface area contributed by atoms with E-state index in [4.69, 9.17) is 14.7 Å². The minimum atomic E-state index is -0.178. The maximum Gasteiger partial charge on any atom is 0.323 e. The van der Waals surface area contributed by atoms with Crippen LogP contribution in [0, 0.1) is 11.3 Å². The Morgan fingerprint density at radius 3 is 2.43 bits per heavy atom. The number of ether oxygens (including phenoxy) is 1. The molecule has 5 heterocycles. The molecular weight excluding hydrogens is 618 g/mol. The van der Waals surface area contributed by atoms with Crippen LogP contribution in [0.5, 0.6) is 0 Å². The van der Waals surface area contributed by atoms with Crippen LogP contribution in [0.2, 0.25) is 0 Å². The van der Waals surface area contributed by atoms with Gasteiger partial charge in [-0.2, -0.15) is 15.5 Å². The second-order valence-corrected chi connectivity index (χ2v) is 12.6. The number of nitrogens with zero attached hydrogens (tertiary/aromatic N) is 9. The average molecular weight is 658 g/mol. The molecule has 4 aromatic heterocycles. The van der Waals surface area contributed by atoms with Gasteiger partial charge in [0.15, 0.2) is 0 Å². The zero-order valence-electron chi connectivity index (χ0n) is 27.4. The van der Waals surface area contributed by atoms with Crippen LogP contribution in [0.1, 0.15) is 55.7 Å². The summed E-state index contributed by atoms with van der Waals surface area (Å²) in [5, 5.41) is 25.3. The number of pyridine rings is 1. The zero-order chi connectivity index (χ0) is 33.6. The molecule has 2 fully saturated rings. The highest BCUT2D eigenvalue weighted by molar-refractivity contribution is 5.91. The summed E-state index contributed by atoms with van der Waals surface area (Å²) in [7, 11) is 1.88. The topological polar surface area (TPSA) is 152 Å². The van der Waals surface area contributed by atoms with Crippen molar-refractivity contribution in [2.75, 3.05) is 23.4 Å². The van der Waals surface area contributed by atoms with E-state index in [1.54, 1.807) is 34.4 Å². The van der Waals surface area contributed by atoms with Gasteiger partial charge in [-0.05, 0) is 56.2 Å². The molecule has 2 amide bonds. The Hall–Kier alpha value is -5.61. The molecule has 0 radical (unpaired) electrons. The van der Waals surface area contributed by atoms with E-state index in [1.165, 1.54) is 0 Å². The van der Waals surface area contributed by atoms with Crippen LogP contribution in [-0.2, 0) is 18.3 Å². The number of hydrogen-bond acceptors (Lipinski definition) is 9. The van der Waals surface area contributed by atoms with Crippen LogP contribution in [0.4, 0.5) is 16.6 Å². The molecule has 0 atom stereocenters. The monoisotopic (exact) mass is 657 g/mol. The van der Waals surface area contributed by atoms with Gasteiger partial charge in [0.25, 0.3) is 0 Å². The summed E-state index contributed by atoms with van der Waals surface area (Å²) in [6.07, 6.45) is 15.8. The van der Waals surface area contributed by atoms with Crippen molar-refractivity contribution in [2.45, 2.75) is 63.2 Å². The van der Waals surface area contributed by atoms with E-state index in [9.17, 15) is 10.1 Å². The molecule has 250 valence electrons. The fourth-order valence-electron chi connectivity index (χ4n) is 6.61. The molecule has 7 rings (SSSR count). The second kappa shape index (κ2) is 14.7. The first-order chi connectivity index (χ1) is 24.0. The van der Waals surface area contributed by atoms with Gasteiger partial charge in [0.1, 0.15) is 11.9 Å². The van der Waals surface area contributed by atoms with E-state index < -0.39 is 0 Å². The average Bonchev–Trinajstić information content (AvgIpc) is 3.83. The molecule has 49 heavy (non-hydrogen) atoms. The van der Waals surface area contributed by atoms with Crippen molar-refractivity contribution in [2.24, 2.45) is 7.05 Å². The van der Waals surface area contributed by atoms with Gasteiger partial charge in [0, 0.05) is 74.2 Å². The quantitative estimate of drug-likeness (QED) is 0.209. The van der Waals surface area contributed by atoms with Crippen molar-refractivity contribution < 1.29 is 9.53 Å². The summed E-state index contributed by atoms with van der Waals surface area (Å²) in [5.74, 6) is 1.08. The lowest BCUT2D eigenvalue weighted by atomic mass is 9.90. The molecule has 2 aliphatic rings.